The lowest BCUT2D eigenvalue weighted by Crippen LogP contribution is -2.44. The van der Waals surface area contributed by atoms with Crippen LogP contribution in [0.5, 0.6) is 0 Å². The van der Waals surface area contributed by atoms with E-state index in [1.165, 1.54) is 38.5 Å². The molecule has 0 bridgehead atoms. The average molecular weight is 370 g/mol. The van der Waals surface area contributed by atoms with Gasteiger partial charge in [-0.3, -0.25) is 14.5 Å². The first-order valence-electron chi connectivity index (χ1n) is 10.6. The fourth-order valence-electron chi connectivity index (χ4n) is 4.58. The van der Waals surface area contributed by atoms with E-state index in [2.05, 4.69) is 17.1 Å². The Morgan fingerprint density at radius 3 is 2.48 bits per heavy atom. The third-order valence-corrected chi connectivity index (χ3v) is 6.31. The number of nitrogens with one attached hydrogen (secondary N) is 1. The van der Waals surface area contributed by atoms with E-state index in [1.54, 1.807) is 0 Å². The van der Waals surface area contributed by atoms with Crippen LogP contribution >= 0.6 is 0 Å². The molecule has 1 aromatic carbocycles. The molecule has 1 saturated heterocycles. The van der Waals surface area contributed by atoms with E-state index < -0.39 is 0 Å². The van der Waals surface area contributed by atoms with Crippen LogP contribution in [-0.2, 0) is 9.59 Å². The molecule has 0 unspecified atom stereocenters. The highest BCUT2D eigenvalue weighted by Gasteiger charge is 2.36. The van der Waals surface area contributed by atoms with Crippen molar-refractivity contribution in [2.45, 2.75) is 70.4 Å². The lowest BCUT2D eigenvalue weighted by Gasteiger charge is -2.36. The van der Waals surface area contributed by atoms with Gasteiger partial charge in [0.2, 0.25) is 11.8 Å². The number of anilines is 2. The highest BCUT2D eigenvalue weighted by Crippen LogP contribution is 2.35. The minimum atomic E-state index is 0.0606. The summed E-state index contributed by atoms with van der Waals surface area (Å²) in [6.07, 6.45) is 8.98. The van der Waals surface area contributed by atoms with E-state index in [1.807, 2.05) is 29.2 Å². The minimum Gasteiger partial charge on any atom is -0.325 e. The molecule has 1 aliphatic heterocycles. The highest BCUT2D eigenvalue weighted by molar-refractivity contribution is 5.97. The second-order valence-corrected chi connectivity index (χ2v) is 8.56. The normalized spacial score (nSPS) is 25.9. The van der Waals surface area contributed by atoms with Gasteiger partial charge in [0, 0.05) is 36.4 Å². The summed E-state index contributed by atoms with van der Waals surface area (Å²) in [4.78, 5) is 29.0. The van der Waals surface area contributed by atoms with Crippen molar-refractivity contribution in [3.63, 3.8) is 0 Å². The van der Waals surface area contributed by atoms with Crippen molar-refractivity contribution in [2.75, 3.05) is 23.3 Å². The van der Waals surface area contributed by atoms with E-state index in [0.29, 0.717) is 25.0 Å². The molecule has 4 rings (SSSR count). The lowest BCUT2D eigenvalue weighted by molar-refractivity contribution is -0.118. The summed E-state index contributed by atoms with van der Waals surface area (Å²) in [6, 6.07) is 8.85. The zero-order valence-corrected chi connectivity index (χ0v) is 16.3. The molecule has 5 heteroatoms. The van der Waals surface area contributed by atoms with Crippen LogP contribution in [0.4, 0.5) is 11.4 Å². The number of carbonyl (C=O) groups is 2. The maximum Gasteiger partial charge on any atom is 0.238 e. The fourth-order valence-corrected chi connectivity index (χ4v) is 4.58. The molecule has 27 heavy (non-hydrogen) atoms. The van der Waals surface area contributed by atoms with Crippen molar-refractivity contribution < 1.29 is 9.59 Å². The largest absolute Gasteiger partial charge is 0.325 e. The third-order valence-electron chi connectivity index (χ3n) is 6.31. The molecule has 3 fully saturated rings. The molecule has 2 aliphatic carbocycles. The van der Waals surface area contributed by atoms with Crippen LogP contribution in [0.3, 0.4) is 0 Å². The molecule has 5 nitrogen and oxygen atoms in total. The van der Waals surface area contributed by atoms with Crippen LogP contribution in [0.25, 0.3) is 0 Å². The first-order chi connectivity index (χ1) is 13.1. The fraction of sp³-hybridized carbons (Fsp3) is 0.636. The predicted octanol–water partition coefficient (Wildman–Crippen LogP) is 3.80. The van der Waals surface area contributed by atoms with Crippen molar-refractivity contribution in [3.8, 4) is 0 Å². The van der Waals surface area contributed by atoms with Crippen LogP contribution in [0, 0.1) is 5.92 Å². The summed E-state index contributed by atoms with van der Waals surface area (Å²) in [7, 11) is 0. The monoisotopic (exact) mass is 369 g/mol. The summed E-state index contributed by atoms with van der Waals surface area (Å²) in [6.45, 7) is 3.59. The Balaban J connectivity index is 1.37. The zero-order valence-electron chi connectivity index (χ0n) is 16.3. The average Bonchev–Trinajstić information content (AvgIpc) is 3.41. The number of amides is 2. The molecule has 1 N–H and O–H groups in total. The van der Waals surface area contributed by atoms with Gasteiger partial charge in [0.25, 0.3) is 0 Å². The van der Waals surface area contributed by atoms with Gasteiger partial charge in [-0.1, -0.05) is 13.0 Å². The van der Waals surface area contributed by atoms with Gasteiger partial charge in [-0.15, -0.1) is 0 Å². The summed E-state index contributed by atoms with van der Waals surface area (Å²) in [5.41, 5.74) is 1.67. The van der Waals surface area contributed by atoms with Crippen molar-refractivity contribution in [2.24, 2.45) is 5.92 Å². The van der Waals surface area contributed by atoms with Crippen LogP contribution < -0.4 is 10.2 Å². The first kappa shape index (κ1) is 18.5. The second kappa shape index (κ2) is 8.01. The molecule has 0 atom stereocenters. The van der Waals surface area contributed by atoms with Gasteiger partial charge in [0.05, 0.1) is 6.54 Å². The molecule has 146 valence electrons. The molecule has 2 amide bonds. The first-order valence-corrected chi connectivity index (χ1v) is 10.6. The van der Waals surface area contributed by atoms with Crippen molar-refractivity contribution in [1.29, 1.82) is 0 Å². The topological polar surface area (TPSA) is 52.7 Å². The number of nitrogens with zero attached hydrogens (tertiary/aromatic N) is 2. The summed E-state index contributed by atoms with van der Waals surface area (Å²) >= 11 is 0. The minimum absolute atomic E-state index is 0.0606. The molecular weight excluding hydrogens is 338 g/mol. The van der Waals surface area contributed by atoms with Crippen LogP contribution in [-0.4, -0.2) is 41.9 Å². The summed E-state index contributed by atoms with van der Waals surface area (Å²) < 4.78 is 0. The van der Waals surface area contributed by atoms with Crippen LogP contribution in [0.2, 0.25) is 0 Å². The van der Waals surface area contributed by atoms with Gasteiger partial charge < -0.3 is 10.2 Å². The van der Waals surface area contributed by atoms with Gasteiger partial charge in [-0.25, -0.2) is 0 Å². The molecule has 3 aliphatic rings. The Hall–Kier alpha value is -1.88. The smallest absolute Gasteiger partial charge is 0.238 e. The molecule has 2 saturated carbocycles. The maximum absolute atomic E-state index is 12.7. The zero-order chi connectivity index (χ0) is 18.8. The Morgan fingerprint density at radius 1 is 1.15 bits per heavy atom. The van der Waals surface area contributed by atoms with E-state index in [9.17, 15) is 9.59 Å². The highest BCUT2D eigenvalue weighted by atomic mass is 16.2. The van der Waals surface area contributed by atoms with E-state index in [-0.39, 0.29) is 11.8 Å². The van der Waals surface area contributed by atoms with Gasteiger partial charge in [-0.05, 0) is 69.1 Å². The summed E-state index contributed by atoms with van der Waals surface area (Å²) in [5.74, 6) is 1.06. The number of carbonyl (C=O) groups excluding carboxylic acids is 2. The van der Waals surface area contributed by atoms with Crippen molar-refractivity contribution in [1.82, 2.24) is 4.90 Å². The van der Waals surface area contributed by atoms with Gasteiger partial charge >= 0.3 is 0 Å². The Labute approximate surface area is 162 Å². The predicted molar refractivity (Wildman–Crippen MR) is 108 cm³/mol. The second-order valence-electron chi connectivity index (χ2n) is 8.56. The molecular formula is C22H31N3O2. The Kier molecular flexibility index (Phi) is 5.48. The molecule has 1 heterocycles. The Bertz CT molecular complexity index is 693. The van der Waals surface area contributed by atoms with Crippen molar-refractivity contribution >= 4 is 23.2 Å². The summed E-state index contributed by atoms with van der Waals surface area (Å²) in [5, 5.41) is 3.06. The van der Waals surface area contributed by atoms with Gasteiger partial charge in [0.1, 0.15) is 0 Å². The Morgan fingerprint density at radius 2 is 1.85 bits per heavy atom. The van der Waals surface area contributed by atoms with E-state index in [0.717, 1.165) is 30.3 Å². The van der Waals surface area contributed by atoms with E-state index >= 15 is 0 Å². The number of hydrogen-bond acceptors (Lipinski definition) is 3. The number of rotatable bonds is 6. The maximum atomic E-state index is 12.7. The molecule has 0 radical (unpaired) electrons. The molecule has 1 aromatic rings. The van der Waals surface area contributed by atoms with Gasteiger partial charge in [-0.2, -0.15) is 0 Å². The van der Waals surface area contributed by atoms with Crippen LogP contribution in [0.15, 0.2) is 24.3 Å². The molecule has 0 aromatic heterocycles. The number of hydrogen-bond donors (Lipinski definition) is 1. The SMILES string of the molecule is CC1CCC(N(CC(=O)Nc2cccc(N3CCCC3=O)c2)C2CC2)CC1. The quantitative estimate of drug-likeness (QED) is 0.830. The standard InChI is InChI=1S/C22H31N3O2/c1-16-7-9-18(10-8-16)25(19-11-12-19)15-21(26)23-17-4-2-5-20(14-17)24-13-3-6-22(24)27/h2,4-5,14,16,18-19H,3,6-13,15H2,1H3,(H,23,26). The third kappa shape index (κ3) is 4.52. The van der Waals surface area contributed by atoms with Gasteiger partial charge in [0.15, 0.2) is 0 Å². The number of benzene rings is 1. The van der Waals surface area contributed by atoms with E-state index in [4.69, 9.17) is 0 Å². The molecule has 0 spiro atoms. The van der Waals surface area contributed by atoms with Crippen LogP contribution in [0.1, 0.15) is 58.3 Å². The lowest BCUT2D eigenvalue weighted by atomic mass is 9.86. The van der Waals surface area contributed by atoms with Crippen molar-refractivity contribution in [3.05, 3.63) is 24.3 Å².